The van der Waals surface area contributed by atoms with Crippen molar-refractivity contribution in [2.24, 2.45) is 11.1 Å². The highest BCUT2D eigenvalue weighted by Crippen LogP contribution is 2.28. The van der Waals surface area contributed by atoms with Crippen LogP contribution in [-0.2, 0) is 6.54 Å². The van der Waals surface area contributed by atoms with Crippen LogP contribution < -0.4 is 10.5 Å². The van der Waals surface area contributed by atoms with Gasteiger partial charge in [-0.1, -0.05) is 15.9 Å². The third kappa shape index (κ3) is 4.85. The van der Waals surface area contributed by atoms with Gasteiger partial charge in [0.1, 0.15) is 5.75 Å². The van der Waals surface area contributed by atoms with E-state index in [-0.39, 0.29) is 5.41 Å². The minimum atomic E-state index is -0.283. The lowest BCUT2D eigenvalue weighted by molar-refractivity contribution is 0.280. The van der Waals surface area contributed by atoms with Crippen LogP contribution in [0, 0.1) is 23.7 Å². The molecule has 0 unspecified atom stereocenters. The molecule has 0 fully saturated rings. The summed E-state index contributed by atoms with van der Waals surface area (Å²) >= 11 is 3.46. The summed E-state index contributed by atoms with van der Waals surface area (Å²) in [5.41, 5.74) is 7.54. The minimum absolute atomic E-state index is 0.283. The van der Waals surface area contributed by atoms with Gasteiger partial charge in [0.05, 0.1) is 18.1 Å². The molecule has 0 aromatic heterocycles. The van der Waals surface area contributed by atoms with Crippen LogP contribution >= 0.6 is 15.9 Å². The Bertz CT molecular complexity index is 478. The second-order valence-corrected chi connectivity index (χ2v) is 6.28. The predicted molar refractivity (Wildman–Crippen MR) is 80.9 cm³/mol. The van der Waals surface area contributed by atoms with Crippen molar-refractivity contribution in [2.75, 3.05) is 6.61 Å². The van der Waals surface area contributed by atoms with E-state index in [0.29, 0.717) is 13.2 Å². The third-order valence-electron chi connectivity index (χ3n) is 3.03. The van der Waals surface area contributed by atoms with Gasteiger partial charge in [-0.25, -0.2) is 0 Å². The summed E-state index contributed by atoms with van der Waals surface area (Å²) in [7, 11) is 0. The highest BCUT2D eigenvalue weighted by Gasteiger charge is 2.16. The monoisotopic (exact) mass is 324 g/mol. The SMILES string of the molecule is Cc1cc(Br)cc(CN)c1OCCCC(C)(C)C#N. The Labute approximate surface area is 123 Å². The zero-order chi connectivity index (χ0) is 14.5. The Morgan fingerprint density at radius 2 is 2.11 bits per heavy atom. The van der Waals surface area contributed by atoms with Gasteiger partial charge in [0.25, 0.3) is 0 Å². The van der Waals surface area contributed by atoms with Crippen LogP contribution in [0.2, 0.25) is 0 Å². The molecule has 0 heterocycles. The highest BCUT2D eigenvalue weighted by molar-refractivity contribution is 9.10. The molecular formula is C15H21BrN2O. The van der Waals surface area contributed by atoms with Gasteiger partial charge >= 0.3 is 0 Å². The first-order chi connectivity index (χ1) is 8.89. The molecule has 4 heteroatoms. The fourth-order valence-corrected chi connectivity index (χ4v) is 2.52. The molecule has 1 rings (SSSR count). The van der Waals surface area contributed by atoms with Crippen LogP contribution in [0.1, 0.15) is 37.8 Å². The first-order valence-electron chi connectivity index (χ1n) is 6.43. The highest BCUT2D eigenvalue weighted by atomic mass is 79.9. The van der Waals surface area contributed by atoms with Crippen molar-refractivity contribution < 1.29 is 4.74 Å². The molecule has 0 aliphatic carbocycles. The Morgan fingerprint density at radius 3 is 2.68 bits per heavy atom. The van der Waals surface area contributed by atoms with Crippen molar-refractivity contribution in [3.8, 4) is 11.8 Å². The van der Waals surface area contributed by atoms with E-state index in [0.717, 1.165) is 34.2 Å². The molecule has 104 valence electrons. The molecule has 0 aliphatic rings. The predicted octanol–water partition coefficient (Wildman–Crippen LogP) is 3.93. The number of benzene rings is 1. The molecule has 0 spiro atoms. The average molecular weight is 325 g/mol. The number of aryl methyl sites for hydroxylation is 1. The van der Waals surface area contributed by atoms with Crippen LogP contribution in [0.4, 0.5) is 0 Å². The molecule has 0 radical (unpaired) electrons. The normalized spacial score (nSPS) is 11.2. The van der Waals surface area contributed by atoms with Crippen LogP contribution in [-0.4, -0.2) is 6.61 Å². The summed E-state index contributed by atoms with van der Waals surface area (Å²) < 4.78 is 6.86. The van der Waals surface area contributed by atoms with Crippen molar-refractivity contribution >= 4 is 15.9 Å². The molecule has 0 atom stereocenters. The number of nitriles is 1. The van der Waals surface area contributed by atoms with Crippen molar-refractivity contribution in [1.82, 2.24) is 0 Å². The third-order valence-corrected chi connectivity index (χ3v) is 3.49. The largest absolute Gasteiger partial charge is 0.493 e. The van der Waals surface area contributed by atoms with Crippen LogP contribution in [0.25, 0.3) is 0 Å². The minimum Gasteiger partial charge on any atom is -0.493 e. The summed E-state index contributed by atoms with van der Waals surface area (Å²) in [5, 5.41) is 8.95. The maximum absolute atomic E-state index is 8.95. The van der Waals surface area contributed by atoms with Gasteiger partial charge in [0.15, 0.2) is 0 Å². The van der Waals surface area contributed by atoms with Crippen molar-refractivity contribution in [3.05, 3.63) is 27.7 Å². The Morgan fingerprint density at radius 1 is 1.42 bits per heavy atom. The summed E-state index contributed by atoms with van der Waals surface area (Å²) in [6.45, 7) is 6.98. The zero-order valence-corrected chi connectivity index (χ0v) is 13.4. The van der Waals surface area contributed by atoms with E-state index >= 15 is 0 Å². The fraction of sp³-hybridized carbons (Fsp3) is 0.533. The van der Waals surface area contributed by atoms with Crippen molar-refractivity contribution in [1.29, 1.82) is 5.26 Å². The smallest absolute Gasteiger partial charge is 0.126 e. The average Bonchev–Trinajstić information content (AvgIpc) is 2.35. The number of nitrogens with zero attached hydrogens (tertiary/aromatic N) is 1. The number of hydrogen-bond donors (Lipinski definition) is 1. The number of hydrogen-bond acceptors (Lipinski definition) is 3. The maximum Gasteiger partial charge on any atom is 0.126 e. The zero-order valence-electron chi connectivity index (χ0n) is 11.8. The number of rotatable bonds is 6. The number of ether oxygens (including phenoxy) is 1. The van der Waals surface area contributed by atoms with Gasteiger partial charge in [-0.15, -0.1) is 0 Å². The molecule has 19 heavy (non-hydrogen) atoms. The summed E-state index contributed by atoms with van der Waals surface area (Å²) in [4.78, 5) is 0. The van der Waals surface area contributed by atoms with E-state index in [1.54, 1.807) is 0 Å². The van der Waals surface area contributed by atoms with Crippen LogP contribution in [0.15, 0.2) is 16.6 Å². The summed E-state index contributed by atoms with van der Waals surface area (Å²) in [5.74, 6) is 0.875. The van der Waals surface area contributed by atoms with E-state index < -0.39 is 0 Å². The lowest BCUT2D eigenvalue weighted by Gasteiger charge is -2.17. The fourth-order valence-electron chi connectivity index (χ4n) is 1.90. The van der Waals surface area contributed by atoms with E-state index in [2.05, 4.69) is 22.0 Å². The second-order valence-electron chi connectivity index (χ2n) is 5.36. The van der Waals surface area contributed by atoms with Gasteiger partial charge in [0, 0.05) is 16.6 Å². The summed E-state index contributed by atoms with van der Waals surface area (Å²) in [6.07, 6.45) is 1.69. The first-order valence-corrected chi connectivity index (χ1v) is 7.22. The Hall–Kier alpha value is -1.05. The molecule has 3 nitrogen and oxygen atoms in total. The topological polar surface area (TPSA) is 59.0 Å². The van der Waals surface area contributed by atoms with E-state index in [9.17, 15) is 0 Å². The van der Waals surface area contributed by atoms with Crippen LogP contribution in [0.3, 0.4) is 0 Å². The van der Waals surface area contributed by atoms with Crippen molar-refractivity contribution in [2.45, 2.75) is 40.2 Å². The van der Waals surface area contributed by atoms with Gasteiger partial charge in [-0.3, -0.25) is 0 Å². The van der Waals surface area contributed by atoms with E-state index in [1.165, 1.54) is 0 Å². The van der Waals surface area contributed by atoms with E-state index in [1.807, 2.05) is 32.9 Å². The first kappa shape index (κ1) is 16.0. The van der Waals surface area contributed by atoms with Crippen molar-refractivity contribution in [3.63, 3.8) is 0 Å². The molecule has 0 aliphatic heterocycles. The Kier molecular flexibility index (Phi) is 5.84. The van der Waals surface area contributed by atoms with Crippen LogP contribution in [0.5, 0.6) is 5.75 Å². The van der Waals surface area contributed by atoms with Gasteiger partial charge in [-0.05, 0) is 51.3 Å². The Balaban J connectivity index is 2.62. The molecule has 0 amide bonds. The standard InChI is InChI=1S/C15H21BrN2O/c1-11-7-13(16)8-12(9-17)14(11)19-6-4-5-15(2,3)10-18/h7-8H,4-6,9,17H2,1-3H3. The van der Waals surface area contributed by atoms with Gasteiger partial charge in [0.2, 0.25) is 0 Å². The molecule has 0 saturated carbocycles. The van der Waals surface area contributed by atoms with E-state index in [4.69, 9.17) is 15.7 Å². The van der Waals surface area contributed by atoms with Gasteiger partial charge in [-0.2, -0.15) is 5.26 Å². The molecule has 0 bridgehead atoms. The molecular weight excluding hydrogens is 304 g/mol. The molecule has 1 aromatic carbocycles. The second kappa shape index (κ2) is 6.93. The summed E-state index contributed by atoms with van der Waals surface area (Å²) in [6, 6.07) is 6.31. The lowest BCUT2D eigenvalue weighted by atomic mass is 9.90. The molecule has 2 N–H and O–H groups in total. The number of nitrogens with two attached hydrogens (primary N) is 1. The quantitative estimate of drug-likeness (QED) is 0.806. The molecule has 0 saturated heterocycles. The van der Waals surface area contributed by atoms with Gasteiger partial charge < -0.3 is 10.5 Å². The maximum atomic E-state index is 8.95. The number of halogens is 1. The lowest BCUT2D eigenvalue weighted by Crippen LogP contribution is -2.11. The molecule has 1 aromatic rings.